The van der Waals surface area contributed by atoms with E-state index in [1.54, 1.807) is 16.6 Å². The van der Waals surface area contributed by atoms with Crippen molar-refractivity contribution < 1.29 is 5.11 Å². The number of aromatic nitrogens is 2. The second kappa shape index (κ2) is 4.91. The maximum atomic E-state index is 12.4. The van der Waals surface area contributed by atoms with Crippen LogP contribution < -0.4 is 5.43 Å². The van der Waals surface area contributed by atoms with Crippen molar-refractivity contribution in [3.63, 3.8) is 0 Å². The number of aromatic hydroxyl groups is 1. The number of halogens is 3. The second-order valence-corrected chi connectivity index (χ2v) is 7.20. The minimum atomic E-state index is -0.250. The molecule has 0 spiro atoms. The van der Waals surface area contributed by atoms with Crippen LogP contribution in [0.5, 0.6) is 5.75 Å². The molecule has 22 heavy (non-hydrogen) atoms. The van der Waals surface area contributed by atoms with Crippen molar-refractivity contribution in [2.24, 2.45) is 0 Å². The van der Waals surface area contributed by atoms with Crippen molar-refractivity contribution in [1.82, 2.24) is 9.61 Å². The Balaban J connectivity index is 2.45. The van der Waals surface area contributed by atoms with Crippen molar-refractivity contribution >= 4 is 75.0 Å². The van der Waals surface area contributed by atoms with Crippen LogP contribution in [0.4, 0.5) is 0 Å². The first-order valence-electron chi connectivity index (χ1n) is 6.37. The maximum Gasteiger partial charge on any atom is 0.205 e. The normalized spacial score (nSPS) is 12.0. The molecule has 0 bridgehead atoms. The Morgan fingerprint density at radius 2 is 1.82 bits per heavy atom. The lowest BCUT2D eigenvalue weighted by Crippen LogP contribution is -2.06. The standard InChI is InChI=1S/C15H7Br3N2O2/c16-5-9-6-1-2-7(17)11-13(6)20(19-9)10-4-3-8(18)14(21)12(10)15(11)22/h1-4,22H,5H2. The van der Waals surface area contributed by atoms with E-state index in [4.69, 9.17) is 0 Å². The van der Waals surface area contributed by atoms with E-state index >= 15 is 0 Å². The molecule has 0 aliphatic carbocycles. The lowest BCUT2D eigenvalue weighted by atomic mass is 10.1. The van der Waals surface area contributed by atoms with Crippen LogP contribution in [-0.4, -0.2) is 14.7 Å². The van der Waals surface area contributed by atoms with Gasteiger partial charge < -0.3 is 5.11 Å². The van der Waals surface area contributed by atoms with Crippen LogP contribution in [0.25, 0.3) is 27.2 Å². The number of alkyl halides is 1. The molecule has 110 valence electrons. The molecule has 0 atom stereocenters. The third-order valence-electron chi connectivity index (χ3n) is 3.79. The molecule has 0 aliphatic rings. The summed E-state index contributed by atoms with van der Waals surface area (Å²) in [7, 11) is 0. The molecule has 0 saturated carbocycles. The van der Waals surface area contributed by atoms with Crippen LogP contribution in [0, 0.1) is 0 Å². The van der Waals surface area contributed by atoms with Gasteiger partial charge in [-0.25, -0.2) is 4.52 Å². The Morgan fingerprint density at radius 1 is 1.09 bits per heavy atom. The SMILES string of the molecule is O=c1c(Br)ccc2c1c(O)c1c(Br)ccc3c(CBr)nn2c31. The minimum Gasteiger partial charge on any atom is -0.506 e. The molecule has 4 aromatic rings. The summed E-state index contributed by atoms with van der Waals surface area (Å²) in [6, 6.07) is 7.28. The van der Waals surface area contributed by atoms with E-state index in [-0.39, 0.29) is 16.6 Å². The van der Waals surface area contributed by atoms with Crippen LogP contribution in [0.15, 0.2) is 38.0 Å². The maximum absolute atomic E-state index is 12.4. The Morgan fingerprint density at radius 3 is 2.55 bits per heavy atom. The fraction of sp³-hybridized carbons (Fsp3) is 0.0667. The minimum absolute atomic E-state index is 0.0210. The van der Waals surface area contributed by atoms with E-state index in [0.717, 1.165) is 21.1 Å². The summed E-state index contributed by atoms with van der Waals surface area (Å²) in [6.07, 6.45) is 0. The lowest BCUT2D eigenvalue weighted by molar-refractivity contribution is 0.487. The van der Waals surface area contributed by atoms with Crippen LogP contribution in [0.2, 0.25) is 0 Å². The Hall–Kier alpha value is -1.18. The van der Waals surface area contributed by atoms with Gasteiger partial charge in [0.15, 0.2) is 0 Å². The zero-order valence-corrected chi connectivity index (χ0v) is 15.7. The van der Waals surface area contributed by atoms with Gasteiger partial charge in [0.25, 0.3) is 0 Å². The Labute approximate surface area is 149 Å². The van der Waals surface area contributed by atoms with E-state index in [1.807, 2.05) is 12.1 Å². The highest BCUT2D eigenvalue weighted by Gasteiger charge is 2.21. The summed E-state index contributed by atoms with van der Waals surface area (Å²) in [5, 5.41) is 17.7. The first-order chi connectivity index (χ1) is 10.5. The van der Waals surface area contributed by atoms with Gasteiger partial charge in [0, 0.05) is 15.2 Å². The summed E-state index contributed by atoms with van der Waals surface area (Å²) >= 11 is 10.1. The largest absolute Gasteiger partial charge is 0.506 e. The zero-order chi connectivity index (χ0) is 15.6. The molecule has 4 rings (SSSR count). The third kappa shape index (κ3) is 1.73. The van der Waals surface area contributed by atoms with Gasteiger partial charge >= 0.3 is 0 Å². The van der Waals surface area contributed by atoms with E-state index in [1.165, 1.54) is 0 Å². The number of fused-ring (bicyclic) bond motifs is 2. The van der Waals surface area contributed by atoms with Crippen LogP contribution in [0.3, 0.4) is 0 Å². The second-order valence-electron chi connectivity index (χ2n) is 4.93. The van der Waals surface area contributed by atoms with Crippen molar-refractivity contribution in [2.45, 2.75) is 5.33 Å². The molecule has 0 saturated heterocycles. The van der Waals surface area contributed by atoms with Crippen LogP contribution >= 0.6 is 47.8 Å². The fourth-order valence-electron chi connectivity index (χ4n) is 2.82. The predicted octanol–water partition coefficient (Wildman–Crippen LogP) is 4.56. The number of rotatable bonds is 1. The summed E-state index contributed by atoms with van der Waals surface area (Å²) in [5.41, 5.74) is 2.00. The molecule has 0 aliphatic heterocycles. The van der Waals surface area contributed by atoms with E-state index in [2.05, 4.69) is 52.9 Å². The fourth-order valence-corrected chi connectivity index (χ4v) is 4.07. The third-order valence-corrected chi connectivity index (χ3v) is 5.60. The molecule has 0 fully saturated rings. The quantitative estimate of drug-likeness (QED) is 0.317. The molecular formula is C15H7Br3N2O2. The molecular weight excluding hydrogens is 480 g/mol. The number of nitrogens with zero attached hydrogens (tertiary/aromatic N) is 2. The number of pyridine rings is 1. The van der Waals surface area contributed by atoms with Crippen molar-refractivity contribution in [2.75, 3.05) is 0 Å². The molecule has 0 amide bonds. The molecule has 2 aromatic heterocycles. The summed E-state index contributed by atoms with van der Waals surface area (Å²) < 4.78 is 2.87. The summed E-state index contributed by atoms with van der Waals surface area (Å²) in [5.74, 6) is -0.0210. The highest BCUT2D eigenvalue weighted by Crippen LogP contribution is 2.40. The van der Waals surface area contributed by atoms with Gasteiger partial charge in [-0.3, -0.25) is 4.79 Å². The first kappa shape index (κ1) is 14.4. The monoisotopic (exact) mass is 484 g/mol. The van der Waals surface area contributed by atoms with Gasteiger partial charge in [0.05, 0.1) is 32.0 Å². The molecule has 0 unspecified atom stereocenters. The average Bonchev–Trinajstić information content (AvgIpc) is 2.87. The van der Waals surface area contributed by atoms with Gasteiger partial charge in [-0.2, -0.15) is 5.10 Å². The summed E-state index contributed by atoms with van der Waals surface area (Å²) in [6.45, 7) is 0. The number of hydrogen-bond acceptors (Lipinski definition) is 3. The molecule has 7 heteroatoms. The van der Waals surface area contributed by atoms with Crippen LogP contribution in [-0.2, 0) is 5.33 Å². The van der Waals surface area contributed by atoms with E-state index in [9.17, 15) is 9.90 Å². The number of benzene rings is 2. The average molecular weight is 487 g/mol. The van der Waals surface area contributed by atoms with Crippen LogP contribution in [0.1, 0.15) is 5.69 Å². The van der Waals surface area contributed by atoms with Gasteiger partial charge in [-0.1, -0.05) is 15.9 Å². The van der Waals surface area contributed by atoms with Gasteiger partial charge in [0.2, 0.25) is 5.43 Å². The van der Waals surface area contributed by atoms with Crippen molar-refractivity contribution in [3.05, 3.63) is 49.1 Å². The Kier molecular flexibility index (Phi) is 3.22. The lowest BCUT2D eigenvalue weighted by Gasteiger charge is -2.09. The van der Waals surface area contributed by atoms with Gasteiger partial charge in [0.1, 0.15) is 5.75 Å². The highest BCUT2D eigenvalue weighted by molar-refractivity contribution is 9.11. The van der Waals surface area contributed by atoms with Crippen molar-refractivity contribution in [3.8, 4) is 5.75 Å². The van der Waals surface area contributed by atoms with Gasteiger partial charge in [-0.15, -0.1) is 0 Å². The molecule has 2 aromatic carbocycles. The Bertz CT molecular complexity index is 1120. The molecule has 4 nitrogen and oxygen atoms in total. The molecule has 0 radical (unpaired) electrons. The van der Waals surface area contributed by atoms with E-state index in [0.29, 0.717) is 20.7 Å². The van der Waals surface area contributed by atoms with Crippen molar-refractivity contribution in [1.29, 1.82) is 0 Å². The van der Waals surface area contributed by atoms with Gasteiger partial charge in [-0.05, 0) is 56.1 Å². The number of hydrogen-bond donors (Lipinski definition) is 1. The smallest absolute Gasteiger partial charge is 0.205 e. The molecule has 1 N–H and O–H groups in total. The highest BCUT2D eigenvalue weighted by atomic mass is 79.9. The summed E-state index contributed by atoms with van der Waals surface area (Å²) in [4.78, 5) is 12.4. The zero-order valence-electron chi connectivity index (χ0n) is 10.9. The predicted molar refractivity (Wildman–Crippen MR) is 97.4 cm³/mol. The molecule has 2 heterocycles. The van der Waals surface area contributed by atoms with E-state index < -0.39 is 0 Å². The first-order valence-corrected chi connectivity index (χ1v) is 9.08. The topological polar surface area (TPSA) is 54.6 Å².